The number of aromatic nitrogens is 3. The molecule has 0 bridgehead atoms. The Kier molecular flexibility index (Phi) is 5.82. The van der Waals surface area contributed by atoms with E-state index in [0.717, 1.165) is 0 Å². The zero-order chi connectivity index (χ0) is 21.9. The van der Waals surface area contributed by atoms with E-state index in [4.69, 9.17) is 14.2 Å². The molecule has 9 nitrogen and oxygen atoms in total. The number of rotatable bonds is 6. The van der Waals surface area contributed by atoms with Gasteiger partial charge in [-0.25, -0.2) is 4.39 Å². The van der Waals surface area contributed by atoms with Crippen LogP contribution < -0.4 is 19.7 Å². The molecule has 1 aromatic heterocycles. The Morgan fingerprint density at radius 1 is 1.09 bits per heavy atom. The highest BCUT2D eigenvalue weighted by atomic mass is 32.2. The molecule has 2 aliphatic rings. The van der Waals surface area contributed by atoms with Crippen molar-refractivity contribution < 1.29 is 23.4 Å². The molecule has 11 heteroatoms. The monoisotopic (exact) mass is 457 g/mol. The van der Waals surface area contributed by atoms with Crippen molar-refractivity contribution in [1.82, 2.24) is 14.8 Å². The summed E-state index contributed by atoms with van der Waals surface area (Å²) in [6.07, 6.45) is 0. The summed E-state index contributed by atoms with van der Waals surface area (Å²) in [6.45, 7) is 2.64. The average molecular weight is 457 g/mol. The number of hydrogen-bond donors (Lipinski definition) is 1. The molecule has 166 valence electrons. The summed E-state index contributed by atoms with van der Waals surface area (Å²) in [4.78, 5) is 14.6. The third-order valence-corrected chi connectivity index (χ3v) is 5.89. The highest BCUT2D eigenvalue weighted by molar-refractivity contribution is 7.99. The van der Waals surface area contributed by atoms with Gasteiger partial charge in [-0.2, -0.15) is 0 Å². The smallest absolute Gasteiger partial charge is 0.234 e. The maximum atomic E-state index is 13.9. The number of thioether (sulfide) groups is 1. The van der Waals surface area contributed by atoms with Gasteiger partial charge in [0.1, 0.15) is 5.82 Å². The number of nitrogens with zero attached hydrogens (tertiary/aromatic N) is 4. The number of morpholine rings is 1. The molecule has 0 unspecified atom stereocenters. The lowest BCUT2D eigenvalue weighted by Gasteiger charge is -2.27. The van der Waals surface area contributed by atoms with Crippen LogP contribution in [0.2, 0.25) is 0 Å². The zero-order valence-corrected chi connectivity index (χ0v) is 17.8. The second kappa shape index (κ2) is 9.05. The third kappa shape index (κ3) is 4.34. The molecule has 2 aliphatic heterocycles. The maximum absolute atomic E-state index is 13.9. The summed E-state index contributed by atoms with van der Waals surface area (Å²) >= 11 is 1.23. The Morgan fingerprint density at radius 3 is 2.78 bits per heavy atom. The van der Waals surface area contributed by atoms with Crippen LogP contribution in [0.15, 0.2) is 47.6 Å². The minimum absolute atomic E-state index is 0.102. The van der Waals surface area contributed by atoms with E-state index < -0.39 is 0 Å². The van der Waals surface area contributed by atoms with Crippen molar-refractivity contribution in [2.24, 2.45) is 0 Å². The summed E-state index contributed by atoms with van der Waals surface area (Å²) < 4.78 is 31.8. The average Bonchev–Trinajstić information content (AvgIpc) is 3.45. The Labute approximate surface area is 187 Å². The van der Waals surface area contributed by atoms with Gasteiger partial charge in [-0.05, 0) is 30.3 Å². The van der Waals surface area contributed by atoms with E-state index in [1.165, 1.54) is 23.9 Å². The van der Waals surface area contributed by atoms with E-state index in [1.807, 2.05) is 4.90 Å². The fourth-order valence-corrected chi connectivity index (χ4v) is 4.21. The van der Waals surface area contributed by atoms with Gasteiger partial charge >= 0.3 is 0 Å². The largest absolute Gasteiger partial charge is 0.454 e. The van der Waals surface area contributed by atoms with Crippen LogP contribution in [0.4, 0.5) is 16.0 Å². The molecule has 0 saturated carbocycles. The fourth-order valence-electron chi connectivity index (χ4n) is 3.47. The lowest BCUT2D eigenvalue weighted by molar-refractivity contribution is -0.113. The molecule has 0 spiro atoms. The SMILES string of the molecule is O=C(CSc1nnc(N2CCOCC2)n1-c1cccc(F)c1)Nc1ccc2c(c1)OCO2. The Bertz CT molecular complexity index is 1140. The number of nitrogens with one attached hydrogen (secondary N) is 1. The van der Waals surface area contributed by atoms with Gasteiger partial charge in [0.15, 0.2) is 16.7 Å². The highest BCUT2D eigenvalue weighted by Gasteiger charge is 2.23. The zero-order valence-electron chi connectivity index (χ0n) is 17.0. The molecule has 0 radical (unpaired) electrons. The van der Waals surface area contributed by atoms with Gasteiger partial charge in [0, 0.05) is 24.8 Å². The van der Waals surface area contributed by atoms with Gasteiger partial charge in [0.05, 0.1) is 24.7 Å². The summed E-state index contributed by atoms with van der Waals surface area (Å²) in [7, 11) is 0. The number of ether oxygens (including phenoxy) is 3. The summed E-state index contributed by atoms with van der Waals surface area (Å²) in [5, 5.41) is 11.9. The van der Waals surface area contributed by atoms with Crippen LogP contribution in [0, 0.1) is 5.82 Å². The molecule has 1 saturated heterocycles. The first-order chi connectivity index (χ1) is 15.7. The first kappa shape index (κ1) is 20.6. The second-order valence-electron chi connectivity index (χ2n) is 7.10. The molecular weight excluding hydrogens is 437 g/mol. The Balaban J connectivity index is 1.33. The first-order valence-electron chi connectivity index (χ1n) is 10.0. The number of carbonyl (C=O) groups excluding carboxylic acids is 1. The van der Waals surface area contributed by atoms with Crippen molar-refractivity contribution >= 4 is 29.3 Å². The molecule has 2 aromatic carbocycles. The topological polar surface area (TPSA) is 90.7 Å². The van der Waals surface area contributed by atoms with Crippen molar-refractivity contribution in [3.63, 3.8) is 0 Å². The van der Waals surface area contributed by atoms with Gasteiger partial charge in [0.25, 0.3) is 0 Å². The molecule has 0 aliphatic carbocycles. The number of halogens is 1. The van der Waals surface area contributed by atoms with Crippen LogP contribution in [-0.2, 0) is 9.53 Å². The third-order valence-electron chi connectivity index (χ3n) is 4.97. The molecule has 3 heterocycles. The van der Waals surface area contributed by atoms with Crippen molar-refractivity contribution in [2.75, 3.05) is 49.1 Å². The molecular formula is C21H20FN5O4S. The number of benzene rings is 2. The van der Waals surface area contributed by atoms with E-state index >= 15 is 0 Å². The van der Waals surface area contributed by atoms with Crippen LogP contribution in [0.1, 0.15) is 0 Å². The van der Waals surface area contributed by atoms with E-state index in [1.54, 1.807) is 34.9 Å². The fraction of sp³-hybridized carbons (Fsp3) is 0.286. The predicted octanol–water partition coefficient (Wildman–Crippen LogP) is 2.70. The minimum Gasteiger partial charge on any atom is -0.454 e. The van der Waals surface area contributed by atoms with E-state index in [0.29, 0.717) is 60.3 Å². The van der Waals surface area contributed by atoms with Crippen molar-refractivity contribution in [3.8, 4) is 17.2 Å². The van der Waals surface area contributed by atoms with E-state index in [2.05, 4.69) is 15.5 Å². The van der Waals surface area contributed by atoms with Crippen LogP contribution in [-0.4, -0.2) is 59.5 Å². The molecule has 3 aromatic rings. The number of hydrogen-bond acceptors (Lipinski definition) is 8. The molecule has 1 amide bonds. The number of anilines is 2. The van der Waals surface area contributed by atoms with E-state index in [-0.39, 0.29) is 24.3 Å². The van der Waals surface area contributed by atoms with Gasteiger partial charge < -0.3 is 24.4 Å². The summed E-state index contributed by atoms with van der Waals surface area (Å²) in [6, 6.07) is 11.4. The predicted molar refractivity (Wildman–Crippen MR) is 116 cm³/mol. The van der Waals surface area contributed by atoms with E-state index in [9.17, 15) is 9.18 Å². The number of amides is 1. The molecule has 0 atom stereocenters. The minimum atomic E-state index is -0.361. The standard InChI is InChI=1S/C21H20FN5O4S/c22-14-2-1-3-16(10-14)27-20(26-6-8-29-9-7-26)24-25-21(27)32-12-19(28)23-15-4-5-17-18(11-15)31-13-30-17/h1-5,10-11H,6-9,12-13H2,(H,23,28). The molecule has 1 N–H and O–H groups in total. The Morgan fingerprint density at radius 2 is 1.94 bits per heavy atom. The maximum Gasteiger partial charge on any atom is 0.234 e. The quantitative estimate of drug-likeness (QED) is 0.565. The number of fused-ring (bicyclic) bond motifs is 1. The number of carbonyl (C=O) groups is 1. The normalized spacial score (nSPS) is 15.1. The second-order valence-corrected chi connectivity index (χ2v) is 8.04. The van der Waals surface area contributed by atoms with Gasteiger partial charge in [0.2, 0.25) is 18.6 Å². The Hall–Kier alpha value is -3.31. The van der Waals surface area contributed by atoms with Crippen LogP contribution in [0.25, 0.3) is 5.69 Å². The van der Waals surface area contributed by atoms with Gasteiger partial charge in [-0.15, -0.1) is 10.2 Å². The molecule has 5 rings (SSSR count). The molecule has 1 fully saturated rings. The van der Waals surface area contributed by atoms with Crippen LogP contribution in [0.3, 0.4) is 0 Å². The molecule has 32 heavy (non-hydrogen) atoms. The van der Waals surface area contributed by atoms with Crippen molar-refractivity contribution in [3.05, 3.63) is 48.3 Å². The lowest BCUT2D eigenvalue weighted by Crippen LogP contribution is -2.37. The van der Waals surface area contributed by atoms with Crippen molar-refractivity contribution in [2.45, 2.75) is 5.16 Å². The first-order valence-corrected chi connectivity index (χ1v) is 11.0. The van der Waals surface area contributed by atoms with Crippen molar-refractivity contribution in [1.29, 1.82) is 0 Å². The van der Waals surface area contributed by atoms with Gasteiger partial charge in [-0.3, -0.25) is 9.36 Å². The summed E-state index contributed by atoms with van der Waals surface area (Å²) in [5.74, 6) is 1.37. The van der Waals surface area contributed by atoms with Crippen LogP contribution >= 0.6 is 11.8 Å². The van der Waals surface area contributed by atoms with Gasteiger partial charge in [-0.1, -0.05) is 17.8 Å². The van der Waals surface area contributed by atoms with Crippen LogP contribution in [0.5, 0.6) is 11.5 Å². The summed E-state index contributed by atoms with van der Waals surface area (Å²) in [5.41, 5.74) is 1.20. The highest BCUT2D eigenvalue weighted by Crippen LogP contribution is 2.34. The lowest BCUT2D eigenvalue weighted by atomic mass is 10.3.